The highest BCUT2D eigenvalue weighted by atomic mass is 35.5. The van der Waals surface area contributed by atoms with E-state index in [-0.39, 0.29) is 6.04 Å². The highest BCUT2D eigenvalue weighted by Crippen LogP contribution is 2.28. The van der Waals surface area contributed by atoms with Gasteiger partial charge in [0.2, 0.25) is 0 Å². The molecule has 1 aromatic rings. The van der Waals surface area contributed by atoms with Gasteiger partial charge in [-0.15, -0.1) is 0 Å². The van der Waals surface area contributed by atoms with Crippen molar-refractivity contribution in [1.29, 1.82) is 0 Å². The Morgan fingerprint density at radius 2 is 2.25 bits per heavy atom. The van der Waals surface area contributed by atoms with Crippen LogP contribution in [0.4, 0.5) is 5.82 Å². The molecule has 0 amide bonds. The number of hydrogen-bond donors (Lipinski definition) is 2. The molecule has 1 fully saturated rings. The maximum Gasteiger partial charge on any atom is 0.128 e. The number of nitrogens with one attached hydrogen (secondary N) is 1. The van der Waals surface area contributed by atoms with Crippen molar-refractivity contribution in [1.82, 2.24) is 20.1 Å². The lowest BCUT2D eigenvalue weighted by atomic mass is 9.96. The van der Waals surface area contributed by atoms with Gasteiger partial charge in [0.25, 0.3) is 0 Å². The number of anilines is 1. The molecule has 2 heterocycles. The molecule has 0 bridgehead atoms. The first kappa shape index (κ1) is 15.5. The molecule has 112 valence electrons. The van der Waals surface area contributed by atoms with Crippen molar-refractivity contribution < 1.29 is 0 Å². The minimum Gasteiger partial charge on any atom is -0.383 e. The molecule has 0 spiro atoms. The van der Waals surface area contributed by atoms with Crippen molar-refractivity contribution in [3.63, 3.8) is 0 Å². The molecular formula is C14H24ClN5. The van der Waals surface area contributed by atoms with Gasteiger partial charge < -0.3 is 16.0 Å². The number of hydrogen-bond acceptors (Lipinski definition) is 5. The zero-order chi connectivity index (χ0) is 14.7. The van der Waals surface area contributed by atoms with E-state index in [1.54, 1.807) is 6.20 Å². The molecule has 1 aliphatic heterocycles. The lowest BCUT2D eigenvalue weighted by molar-refractivity contribution is 0.0882. The zero-order valence-corrected chi connectivity index (χ0v) is 13.2. The predicted octanol–water partition coefficient (Wildman–Crippen LogP) is 1.21. The Kier molecular flexibility index (Phi) is 5.21. The van der Waals surface area contributed by atoms with Crippen LogP contribution in [-0.4, -0.2) is 61.1 Å². The maximum atomic E-state index is 6.10. The average Bonchev–Trinajstić information content (AvgIpc) is 2.42. The van der Waals surface area contributed by atoms with Gasteiger partial charge in [-0.05, 0) is 26.7 Å². The van der Waals surface area contributed by atoms with Crippen LogP contribution in [0.2, 0.25) is 5.02 Å². The summed E-state index contributed by atoms with van der Waals surface area (Å²) in [5.41, 5.74) is 7.06. The lowest BCUT2D eigenvalue weighted by Gasteiger charge is -2.42. The molecule has 1 saturated heterocycles. The van der Waals surface area contributed by atoms with Gasteiger partial charge in [-0.1, -0.05) is 18.5 Å². The predicted molar refractivity (Wildman–Crippen MR) is 84.0 cm³/mol. The molecule has 3 N–H and O–H groups in total. The smallest absolute Gasteiger partial charge is 0.128 e. The number of aromatic nitrogens is 1. The number of halogens is 1. The molecule has 0 radical (unpaired) electrons. The molecule has 1 aliphatic rings. The number of likely N-dealkylation sites (N-methyl/N-ethyl adjacent to an activating group) is 3. The summed E-state index contributed by atoms with van der Waals surface area (Å²) in [6.45, 7) is 6.13. The normalized spacial score (nSPS) is 22.9. The minimum atomic E-state index is 0.138. The van der Waals surface area contributed by atoms with Crippen molar-refractivity contribution in [2.24, 2.45) is 0 Å². The largest absolute Gasteiger partial charge is 0.383 e. The number of rotatable bonds is 4. The first-order valence-electron chi connectivity index (χ1n) is 7.06. The first-order chi connectivity index (χ1) is 9.52. The molecule has 2 rings (SSSR count). The second-order valence-electron chi connectivity index (χ2n) is 5.47. The van der Waals surface area contributed by atoms with Crippen LogP contribution in [0.1, 0.15) is 18.5 Å². The second-order valence-corrected chi connectivity index (χ2v) is 5.91. The van der Waals surface area contributed by atoms with Crippen LogP contribution in [0, 0.1) is 0 Å². The molecule has 1 aromatic heterocycles. The van der Waals surface area contributed by atoms with Crippen molar-refractivity contribution in [2.45, 2.75) is 19.0 Å². The van der Waals surface area contributed by atoms with E-state index in [1.807, 2.05) is 6.07 Å². The summed E-state index contributed by atoms with van der Waals surface area (Å²) in [4.78, 5) is 8.93. The molecule has 2 atom stereocenters. The van der Waals surface area contributed by atoms with Gasteiger partial charge in [0.05, 0.1) is 11.1 Å². The van der Waals surface area contributed by atoms with Crippen LogP contribution in [0.25, 0.3) is 0 Å². The standard InChI is InChI=1S/C14H24ClN5/c1-4-17-13(11-7-10(15)8-18-14(11)16)12-9-19(2)5-6-20(12)3/h7-8,12-13,17H,4-6,9H2,1-3H3,(H2,16,18). The van der Waals surface area contributed by atoms with E-state index in [1.165, 1.54) is 0 Å². The number of nitrogens with zero attached hydrogens (tertiary/aromatic N) is 3. The van der Waals surface area contributed by atoms with Crippen molar-refractivity contribution in [3.8, 4) is 0 Å². The van der Waals surface area contributed by atoms with Gasteiger partial charge in [-0.25, -0.2) is 4.98 Å². The van der Waals surface area contributed by atoms with E-state index in [0.717, 1.165) is 31.7 Å². The Labute approximate surface area is 126 Å². The Hall–Kier alpha value is -0.880. The molecule has 0 aromatic carbocycles. The summed E-state index contributed by atoms with van der Waals surface area (Å²) in [6.07, 6.45) is 1.60. The van der Waals surface area contributed by atoms with Gasteiger partial charge in [0.1, 0.15) is 5.82 Å². The minimum absolute atomic E-state index is 0.138. The fraction of sp³-hybridized carbons (Fsp3) is 0.643. The van der Waals surface area contributed by atoms with E-state index in [9.17, 15) is 0 Å². The third-order valence-electron chi connectivity index (χ3n) is 3.96. The van der Waals surface area contributed by atoms with E-state index < -0.39 is 0 Å². The number of nitrogen functional groups attached to an aromatic ring is 1. The van der Waals surface area contributed by atoms with Crippen molar-refractivity contribution >= 4 is 17.4 Å². The quantitative estimate of drug-likeness (QED) is 0.875. The van der Waals surface area contributed by atoms with Crippen LogP contribution >= 0.6 is 11.6 Å². The summed E-state index contributed by atoms with van der Waals surface area (Å²) < 4.78 is 0. The summed E-state index contributed by atoms with van der Waals surface area (Å²) in [5, 5.41) is 4.17. The molecule has 20 heavy (non-hydrogen) atoms. The van der Waals surface area contributed by atoms with Gasteiger partial charge in [0, 0.05) is 37.4 Å². The van der Waals surface area contributed by atoms with Crippen molar-refractivity contribution in [3.05, 3.63) is 22.8 Å². The zero-order valence-electron chi connectivity index (χ0n) is 12.4. The Morgan fingerprint density at radius 3 is 2.95 bits per heavy atom. The van der Waals surface area contributed by atoms with Gasteiger partial charge in [-0.2, -0.15) is 0 Å². The van der Waals surface area contributed by atoms with Crippen LogP contribution in [0.5, 0.6) is 0 Å². The fourth-order valence-electron chi connectivity index (χ4n) is 2.79. The van der Waals surface area contributed by atoms with Gasteiger partial charge >= 0.3 is 0 Å². The third kappa shape index (κ3) is 3.41. The molecule has 5 nitrogen and oxygen atoms in total. The number of piperazine rings is 1. The topological polar surface area (TPSA) is 57.4 Å². The van der Waals surface area contributed by atoms with Crippen LogP contribution in [0.3, 0.4) is 0 Å². The maximum absolute atomic E-state index is 6.10. The highest BCUT2D eigenvalue weighted by molar-refractivity contribution is 6.30. The van der Waals surface area contributed by atoms with Crippen LogP contribution in [-0.2, 0) is 0 Å². The monoisotopic (exact) mass is 297 g/mol. The van der Waals surface area contributed by atoms with Gasteiger partial charge in [-0.3, -0.25) is 4.90 Å². The molecule has 0 aliphatic carbocycles. The van der Waals surface area contributed by atoms with E-state index in [4.69, 9.17) is 17.3 Å². The highest BCUT2D eigenvalue weighted by Gasteiger charge is 2.31. The van der Waals surface area contributed by atoms with E-state index >= 15 is 0 Å². The molecule has 0 saturated carbocycles. The number of pyridine rings is 1. The molecular weight excluding hydrogens is 274 g/mol. The Morgan fingerprint density at radius 1 is 1.50 bits per heavy atom. The molecule has 2 unspecified atom stereocenters. The van der Waals surface area contributed by atoms with Gasteiger partial charge in [0.15, 0.2) is 0 Å². The summed E-state index contributed by atoms with van der Waals surface area (Å²) in [7, 11) is 4.32. The van der Waals surface area contributed by atoms with Crippen molar-refractivity contribution in [2.75, 3.05) is 46.0 Å². The Bertz CT molecular complexity index is 453. The first-order valence-corrected chi connectivity index (χ1v) is 7.43. The SMILES string of the molecule is CCNC(c1cc(Cl)cnc1N)C1CN(C)CCN1C. The molecule has 6 heteroatoms. The Balaban J connectivity index is 2.32. The lowest BCUT2D eigenvalue weighted by Crippen LogP contribution is -2.55. The second kappa shape index (κ2) is 6.72. The van der Waals surface area contributed by atoms with Crippen LogP contribution < -0.4 is 11.1 Å². The van der Waals surface area contributed by atoms with E-state index in [2.05, 4.69) is 41.1 Å². The van der Waals surface area contributed by atoms with E-state index in [0.29, 0.717) is 16.9 Å². The average molecular weight is 298 g/mol. The number of nitrogens with two attached hydrogens (primary N) is 1. The fourth-order valence-corrected chi connectivity index (χ4v) is 2.96. The third-order valence-corrected chi connectivity index (χ3v) is 4.17. The summed E-state index contributed by atoms with van der Waals surface area (Å²) >= 11 is 6.10. The summed E-state index contributed by atoms with van der Waals surface area (Å²) in [5.74, 6) is 0.557. The summed E-state index contributed by atoms with van der Waals surface area (Å²) in [6, 6.07) is 2.43. The van der Waals surface area contributed by atoms with Crippen LogP contribution in [0.15, 0.2) is 12.3 Å².